The number of hydrogen-bond acceptors (Lipinski definition) is 4. The van der Waals surface area contributed by atoms with E-state index in [0.717, 1.165) is 11.1 Å². The highest BCUT2D eigenvalue weighted by Crippen LogP contribution is 2.95. The number of carbonyl (C=O) groups is 2. The molecule has 4 nitrogen and oxygen atoms in total. The van der Waals surface area contributed by atoms with Crippen molar-refractivity contribution in [1.29, 1.82) is 0 Å². The summed E-state index contributed by atoms with van der Waals surface area (Å²) in [5, 5.41) is 5.01. The molecule has 6 unspecified atom stereocenters. The molecule has 0 radical (unpaired) electrons. The lowest BCUT2D eigenvalue weighted by Gasteiger charge is -2.78. The Hall–Kier alpha value is -4.18. The minimum absolute atomic E-state index is 0.295. The average molecular weight is 553 g/mol. The van der Waals surface area contributed by atoms with Crippen LogP contribution >= 0.6 is 0 Å². The molecule has 5 aliphatic carbocycles. The second-order valence-electron chi connectivity index (χ2n) is 13.4. The van der Waals surface area contributed by atoms with E-state index in [2.05, 4.69) is 100 Å². The standard InChI is InChI=1S/C38H32O4/c1-19-31-25-15-7-11-23-13-9-17-27(29(23)25)37(31)35(5,33(19)41-21(3)39)36(6)34(42-22(4)40)20(2)32-26-16-8-12-24-14-10-18-28(30(24)26)38(32,36)37/h7-18,33-34H,1-6H3. The molecule has 4 aromatic carbocycles. The largest absolute Gasteiger partial charge is 0.457 e. The zero-order chi connectivity index (χ0) is 29.1. The highest BCUT2D eigenvalue weighted by molar-refractivity contribution is 6.17. The number of carbonyl (C=O) groups excluding carboxylic acids is 2. The van der Waals surface area contributed by atoms with Gasteiger partial charge in [-0.1, -0.05) is 86.6 Å². The third-order valence-electron chi connectivity index (χ3n) is 12.3. The normalized spacial score (nSPS) is 34.3. The second kappa shape index (κ2) is 7.06. The van der Waals surface area contributed by atoms with E-state index in [4.69, 9.17) is 9.47 Å². The molecule has 42 heavy (non-hydrogen) atoms. The molecule has 6 atom stereocenters. The van der Waals surface area contributed by atoms with Gasteiger partial charge in [-0.3, -0.25) is 9.59 Å². The summed E-state index contributed by atoms with van der Waals surface area (Å²) in [7, 11) is 0. The lowest BCUT2D eigenvalue weighted by Crippen LogP contribution is -2.83. The number of fused-ring (bicyclic) bond motifs is 3. The number of benzene rings is 4. The zero-order valence-corrected chi connectivity index (χ0v) is 24.7. The molecular formula is C38H32O4. The fraction of sp³-hybridized carbons (Fsp3) is 0.316. The van der Waals surface area contributed by atoms with Crippen molar-refractivity contribution < 1.29 is 19.1 Å². The Kier molecular flexibility index (Phi) is 4.10. The Morgan fingerprint density at radius 2 is 0.952 bits per heavy atom. The van der Waals surface area contributed by atoms with Gasteiger partial charge in [-0.05, 0) is 79.9 Å². The maximum atomic E-state index is 12.9. The summed E-state index contributed by atoms with van der Waals surface area (Å²) in [4.78, 5) is 25.7. The second-order valence-corrected chi connectivity index (χ2v) is 13.4. The molecule has 4 aromatic rings. The minimum atomic E-state index is -0.619. The van der Waals surface area contributed by atoms with Crippen LogP contribution in [-0.4, -0.2) is 24.1 Å². The van der Waals surface area contributed by atoms with Gasteiger partial charge >= 0.3 is 11.9 Å². The van der Waals surface area contributed by atoms with E-state index in [9.17, 15) is 9.59 Å². The van der Waals surface area contributed by atoms with E-state index in [1.54, 1.807) is 0 Å². The van der Waals surface area contributed by atoms with Crippen molar-refractivity contribution in [3.8, 4) is 0 Å². The van der Waals surface area contributed by atoms with Crippen molar-refractivity contribution in [1.82, 2.24) is 0 Å². The summed E-state index contributed by atoms with van der Waals surface area (Å²) < 4.78 is 12.8. The molecule has 4 heteroatoms. The molecular weight excluding hydrogens is 520 g/mol. The van der Waals surface area contributed by atoms with E-state index >= 15 is 0 Å². The minimum Gasteiger partial charge on any atom is -0.457 e. The zero-order valence-electron chi connectivity index (χ0n) is 24.7. The number of esters is 2. The maximum absolute atomic E-state index is 12.9. The number of rotatable bonds is 2. The van der Waals surface area contributed by atoms with E-state index < -0.39 is 33.9 Å². The van der Waals surface area contributed by atoms with Crippen molar-refractivity contribution in [2.45, 2.75) is 64.6 Å². The molecule has 0 aliphatic heterocycles. The van der Waals surface area contributed by atoms with Gasteiger partial charge in [0.15, 0.2) is 0 Å². The van der Waals surface area contributed by atoms with E-state index in [1.807, 2.05) is 0 Å². The first-order valence-corrected chi connectivity index (χ1v) is 14.9. The molecule has 0 N–H and O–H groups in total. The van der Waals surface area contributed by atoms with Crippen molar-refractivity contribution >= 4 is 44.6 Å². The van der Waals surface area contributed by atoms with Crippen molar-refractivity contribution in [2.75, 3.05) is 0 Å². The van der Waals surface area contributed by atoms with E-state index in [1.165, 1.54) is 68.8 Å². The van der Waals surface area contributed by atoms with Gasteiger partial charge in [0.05, 0.1) is 0 Å². The Balaban J connectivity index is 1.53. The summed E-state index contributed by atoms with van der Waals surface area (Å²) >= 11 is 0. The Labute approximate surface area is 245 Å². The third kappa shape index (κ3) is 1.99. The molecule has 1 saturated carbocycles. The molecule has 0 saturated heterocycles. The SMILES string of the molecule is CC(=O)OC1C(C)=C2c3cccc4cccc(c34)C23C24C(=C(C)C(OC(C)=O)C2(C)C13C)c1cccc2cccc4c12. The van der Waals surface area contributed by atoms with Crippen LogP contribution in [0.3, 0.4) is 0 Å². The van der Waals surface area contributed by atoms with Crippen LogP contribution in [0.4, 0.5) is 0 Å². The summed E-state index contributed by atoms with van der Waals surface area (Å²) in [5.41, 5.74) is 7.47. The molecule has 9 rings (SSSR count). The highest BCUT2D eigenvalue weighted by atomic mass is 16.6. The van der Waals surface area contributed by atoms with Gasteiger partial charge in [-0.2, -0.15) is 0 Å². The van der Waals surface area contributed by atoms with Crippen LogP contribution in [-0.2, 0) is 29.9 Å². The van der Waals surface area contributed by atoms with Crippen molar-refractivity contribution in [3.05, 3.63) is 106 Å². The Bertz CT molecular complexity index is 1920. The number of hydrogen-bond donors (Lipinski definition) is 0. The van der Waals surface area contributed by atoms with Gasteiger partial charge < -0.3 is 9.47 Å². The van der Waals surface area contributed by atoms with Gasteiger partial charge in [-0.25, -0.2) is 0 Å². The summed E-state index contributed by atoms with van der Waals surface area (Å²) in [5.74, 6) is -0.591. The van der Waals surface area contributed by atoms with Gasteiger partial charge in [0, 0.05) is 35.5 Å². The molecule has 0 aromatic heterocycles. The summed E-state index contributed by atoms with van der Waals surface area (Å²) in [6.45, 7) is 12.0. The lowest BCUT2D eigenvalue weighted by molar-refractivity contribution is -0.251. The lowest BCUT2D eigenvalue weighted by atomic mass is 9.22. The van der Waals surface area contributed by atoms with E-state index in [0.29, 0.717) is 0 Å². The molecule has 5 aliphatic rings. The average Bonchev–Trinajstić information content (AvgIpc) is 3.56. The van der Waals surface area contributed by atoms with Crippen LogP contribution in [0.5, 0.6) is 0 Å². The highest BCUT2D eigenvalue weighted by Gasteiger charge is 2.96. The first-order valence-electron chi connectivity index (χ1n) is 14.9. The van der Waals surface area contributed by atoms with Gasteiger partial charge in [0.1, 0.15) is 12.2 Å². The number of allylic oxidation sites excluding steroid dienone is 2. The molecule has 0 heterocycles. The van der Waals surface area contributed by atoms with Crippen LogP contribution in [0, 0.1) is 10.8 Å². The topological polar surface area (TPSA) is 52.6 Å². The molecule has 0 amide bonds. The van der Waals surface area contributed by atoms with Crippen LogP contribution in [0.2, 0.25) is 0 Å². The Morgan fingerprint density at radius 1 is 0.595 bits per heavy atom. The molecule has 208 valence electrons. The Morgan fingerprint density at radius 3 is 1.31 bits per heavy atom. The van der Waals surface area contributed by atoms with Gasteiger partial charge in [-0.15, -0.1) is 0 Å². The first-order chi connectivity index (χ1) is 20.1. The maximum Gasteiger partial charge on any atom is 0.303 e. The van der Waals surface area contributed by atoms with Crippen LogP contribution in [0.1, 0.15) is 63.8 Å². The summed E-state index contributed by atoms with van der Waals surface area (Å²) in [6.07, 6.45) is -0.949. The van der Waals surface area contributed by atoms with Crippen molar-refractivity contribution in [2.24, 2.45) is 10.8 Å². The monoisotopic (exact) mass is 552 g/mol. The van der Waals surface area contributed by atoms with Crippen LogP contribution in [0.25, 0.3) is 32.7 Å². The van der Waals surface area contributed by atoms with Gasteiger partial charge in [0.25, 0.3) is 0 Å². The van der Waals surface area contributed by atoms with Crippen LogP contribution in [0.15, 0.2) is 83.9 Å². The first kappa shape index (κ1) is 24.4. The molecule has 1 fully saturated rings. The fourth-order valence-electron chi connectivity index (χ4n) is 11.6. The number of ether oxygens (including phenoxy) is 2. The predicted molar refractivity (Wildman–Crippen MR) is 164 cm³/mol. The smallest absolute Gasteiger partial charge is 0.303 e. The summed E-state index contributed by atoms with van der Waals surface area (Å²) in [6, 6.07) is 26.6. The van der Waals surface area contributed by atoms with E-state index in [-0.39, 0.29) is 11.9 Å². The fourth-order valence-corrected chi connectivity index (χ4v) is 11.6. The molecule has 0 bridgehead atoms. The van der Waals surface area contributed by atoms with Crippen LogP contribution < -0.4 is 0 Å². The molecule has 2 spiro atoms. The third-order valence-corrected chi connectivity index (χ3v) is 12.3. The van der Waals surface area contributed by atoms with Crippen molar-refractivity contribution in [3.63, 3.8) is 0 Å². The van der Waals surface area contributed by atoms with Gasteiger partial charge in [0.2, 0.25) is 0 Å². The predicted octanol–water partition coefficient (Wildman–Crippen LogP) is 7.66. The quantitative estimate of drug-likeness (QED) is 0.240.